The molecule has 220 valence electrons. The van der Waals surface area contributed by atoms with E-state index in [4.69, 9.17) is 26.5 Å². The van der Waals surface area contributed by atoms with Gasteiger partial charge in [0.25, 0.3) is 0 Å². The molecule has 2 aliphatic carbocycles. The van der Waals surface area contributed by atoms with E-state index in [-0.39, 0.29) is 24.5 Å². The summed E-state index contributed by atoms with van der Waals surface area (Å²) in [6, 6.07) is 20.1. The molecule has 2 fully saturated rings. The first-order valence-electron chi connectivity index (χ1n) is 15.4. The van der Waals surface area contributed by atoms with Crippen LogP contribution in [0.1, 0.15) is 87.1 Å². The van der Waals surface area contributed by atoms with Crippen LogP contribution in [0, 0.1) is 23.2 Å². The average Bonchev–Trinajstić information content (AvgIpc) is 3.42. The molecule has 42 heavy (non-hydrogen) atoms. The van der Waals surface area contributed by atoms with Gasteiger partial charge in [-0.15, -0.1) is 0 Å². The fraction of sp³-hybridized carbons (Fsp3) is 0.444. The molecule has 6 heteroatoms. The van der Waals surface area contributed by atoms with Gasteiger partial charge < -0.3 is 19.8 Å². The summed E-state index contributed by atoms with van der Waals surface area (Å²) >= 11 is 6.27. The molecule has 5 nitrogen and oxygen atoms in total. The number of carbonyl (C=O) groups is 1. The fourth-order valence-corrected chi connectivity index (χ4v) is 7.73. The quantitative estimate of drug-likeness (QED) is 0.302. The molecule has 1 N–H and O–H groups in total. The summed E-state index contributed by atoms with van der Waals surface area (Å²) in [4.78, 5) is 15.8. The number of nitrogens with zero attached hydrogens (tertiary/aromatic N) is 1. The molecule has 5 atom stereocenters. The summed E-state index contributed by atoms with van der Waals surface area (Å²) < 4.78 is 11.8. The van der Waals surface area contributed by atoms with Crippen LogP contribution in [0.2, 0.25) is 5.02 Å². The lowest BCUT2D eigenvalue weighted by Gasteiger charge is -2.38. The van der Waals surface area contributed by atoms with Crippen LogP contribution < -0.4 is 14.4 Å². The largest absolute Gasteiger partial charge is 0.493 e. The molecule has 0 radical (unpaired) electrons. The zero-order valence-corrected chi connectivity index (χ0v) is 25.8. The third kappa shape index (κ3) is 5.44. The van der Waals surface area contributed by atoms with Crippen molar-refractivity contribution in [3.05, 3.63) is 87.9 Å². The summed E-state index contributed by atoms with van der Waals surface area (Å²) in [5.41, 5.74) is 6.13. The first-order valence-corrected chi connectivity index (χ1v) is 15.7. The Kier molecular flexibility index (Phi) is 8.06. The van der Waals surface area contributed by atoms with E-state index in [1.165, 1.54) is 24.8 Å². The summed E-state index contributed by atoms with van der Waals surface area (Å²) in [5, 5.41) is 9.13. The number of hydrogen-bond acceptors (Lipinski definition) is 4. The average molecular weight is 585 g/mol. The van der Waals surface area contributed by atoms with E-state index in [0.29, 0.717) is 40.2 Å². The maximum atomic E-state index is 13.9. The van der Waals surface area contributed by atoms with Crippen molar-refractivity contribution in [3.8, 4) is 11.5 Å². The highest BCUT2D eigenvalue weighted by Crippen LogP contribution is 2.49. The number of carbonyl (C=O) groups excluding carboxylic acids is 1. The standard InChI is InChI=1S/C36H41ClN2O3/c1-21(2)42-34-20-31-27(18-33(34)41-4)19-35(40)39(36(31)24-8-12-28(37)13-9-24)29-14-10-23(11-15-29)22(3)26-16-25-6-5-7-32(38)30(25)17-26/h8-15,18,20-22,25-26,30,36,38H,5-7,16-17,19H2,1-4H3/t22?,25?,26?,30?,36-/m0/s1. The number of nitrogens with one attached hydrogen (secondary N) is 1. The number of benzene rings is 3. The first-order chi connectivity index (χ1) is 20.2. The van der Waals surface area contributed by atoms with Crippen LogP contribution in [-0.4, -0.2) is 24.8 Å². The second-order valence-corrected chi connectivity index (χ2v) is 13.1. The number of amides is 1. The third-order valence-electron chi connectivity index (χ3n) is 9.74. The first kappa shape index (κ1) is 28.8. The summed E-state index contributed by atoms with van der Waals surface area (Å²) in [6.45, 7) is 6.33. The van der Waals surface area contributed by atoms with Crippen molar-refractivity contribution < 1.29 is 14.3 Å². The van der Waals surface area contributed by atoms with E-state index in [1.807, 2.05) is 55.1 Å². The molecule has 0 saturated heterocycles. The lowest BCUT2D eigenvalue weighted by atomic mass is 9.80. The Balaban J connectivity index is 1.34. The molecule has 1 amide bonds. The van der Waals surface area contributed by atoms with Gasteiger partial charge >= 0.3 is 0 Å². The SMILES string of the molecule is COc1cc2c(cc1OC(C)C)[C@H](c1ccc(Cl)cc1)N(c1ccc(C(C)C3CC4CCCC(=N)C4C3)cc1)C(=O)C2. The molecular weight excluding hydrogens is 544 g/mol. The maximum absolute atomic E-state index is 13.9. The zero-order valence-electron chi connectivity index (χ0n) is 25.0. The topological polar surface area (TPSA) is 62.6 Å². The summed E-state index contributed by atoms with van der Waals surface area (Å²) in [6.07, 6.45) is 6.06. The van der Waals surface area contributed by atoms with Crippen LogP contribution in [0.5, 0.6) is 11.5 Å². The lowest BCUT2D eigenvalue weighted by molar-refractivity contribution is -0.118. The van der Waals surface area contributed by atoms with Gasteiger partial charge in [-0.05, 0) is 128 Å². The van der Waals surface area contributed by atoms with Gasteiger partial charge in [-0.1, -0.05) is 42.8 Å². The number of rotatable bonds is 7. The predicted molar refractivity (Wildman–Crippen MR) is 169 cm³/mol. The minimum atomic E-state index is -0.328. The normalized spacial score (nSPS) is 24.4. The van der Waals surface area contributed by atoms with Gasteiger partial charge in [0.15, 0.2) is 11.5 Å². The minimum absolute atomic E-state index is 0.0174. The van der Waals surface area contributed by atoms with Crippen LogP contribution in [0.25, 0.3) is 0 Å². The number of ether oxygens (including phenoxy) is 2. The molecule has 1 heterocycles. The number of fused-ring (bicyclic) bond motifs is 2. The number of methoxy groups -OCH3 is 1. The number of halogens is 1. The molecule has 6 rings (SSSR count). The van der Waals surface area contributed by atoms with Gasteiger partial charge in [-0.25, -0.2) is 0 Å². The Morgan fingerprint density at radius 3 is 2.38 bits per heavy atom. The molecule has 0 spiro atoms. The van der Waals surface area contributed by atoms with Gasteiger partial charge in [0.1, 0.15) is 0 Å². The fourth-order valence-electron chi connectivity index (χ4n) is 7.60. The molecular formula is C36H41ClN2O3. The van der Waals surface area contributed by atoms with Crippen molar-refractivity contribution in [3.63, 3.8) is 0 Å². The molecule has 3 aromatic carbocycles. The van der Waals surface area contributed by atoms with Crippen molar-refractivity contribution in [1.82, 2.24) is 0 Å². The Labute approximate surface area is 254 Å². The van der Waals surface area contributed by atoms with E-state index in [9.17, 15) is 4.79 Å². The van der Waals surface area contributed by atoms with E-state index in [0.717, 1.165) is 40.9 Å². The van der Waals surface area contributed by atoms with Crippen molar-refractivity contribution in [1.29, 1.82) is 5.41 Å². The maximum Gasteiger partial charge on any atom is 0.232 e. The van der Waals surface area contributed by atoms with Crippen LogP contribution in [0.15, 0.2) is 60.7 Å². The third-order valence-corrected chi connectivity index (χ3v) is 9.99. The lowest BCUT2D eigenvalue weighted by Crippen LogP contribution is -2.41. The molecule has 0 aromatic heterocycles. The van der Waals surface area contributed by atoms with Gasteiger partial charge in [0.2, 0.25) is 5.91 Å². The Bertz CT molecular complexity index is 1470. The highest BCUT2D eigenvalue weighted by atomic mass is 35.5. The monoisotopic (exact) mass is 584 g/mol. The second-order valence-electron chi connectivity index (χ2n) is 12.7. The Morgan fingerprint density at radius 1 is 0.976 bits per heavy atom. The van der Waals surface area contributed by atoms with Crippen LogP contribution in [0.3, 0.4) is 0 Å². The van der Waals surface area contributed by atoms with Gasteiger partial charge in [0, 0.05) is 16.4 Å². The Morgan fingerprint density at radius 2 is 1.71 bits per heavy atom. The molecule has 4 unspecified atom stereocenters. The Hall–Kier alpha value is -3.31. The van der Waals surface area contributed by atoms with Crippen molar-refractivity contribution in [2.75, 3.05) is 12.0 Å². The van der Waals surface area contributed by atoms with Crippen LogP contribution >= 0.6 is 11.6 Å². The van der Waals surface area contributed by atoms with Crippen molar-refractivity contribution >= 4 is 28.9 Å². The van der Waals surface area contributed by atoms with E-state index in [2.05, 4.69) is 31.2 Å². The molecule has 3 aromatic rings. The van der Waals surface area contributed by atoms with E-state index >= 15 is 0 Å². The van der Waals surface area contributed by atoms with E-state index < -0.39 is 0 Å². The van der Waals surface area contributed by atoms with E-state index in [1.54, 1.807) is 7.11 Å². The highest BCUT2D eigenvalue weighted by molar-refractivity contribution is 6.30. The minimum Gasteiger partial charge on any atom is -0.493 e. The molecule has 1 aliphatic heterocycles. The molecule has 0 bridgehead atoms. The highest BCUT2D eigenvalue weighted by Gasteiger charge is 2.41. The summed E-state index contributed by atoms with van der Waals surface area (Å²) in [5.74, 6) is 3.55. The zero-order chi connectivity index (χ0) is 29.5. The van der Waals surface area contributed by atoms with Gasteiger partial charge in [0.05, 0.1) is 25.7 Å². The summed E-state index contributed by atoms with van der Waals surface area (Å²) in [7, 11) is 1.63. The molecule has 3 aliphatic rings. The number of hydrogen-bond donors (Lipinski definition) is 1. The van der Waals surface area contributed by atoms with Crippen LogP contribution in [0.4, 0.5) is 5.69 Å². The molecule has 2 saturated carbocycles. The van der Waals surface area contributed by atoms with Gasteiger partial charge in [-0.2, -0.15) is 0 Å². The van der Waals surface area contributed by atoms with Crippen molar-refractivity contribution in [2.24, 2.45) is 17.8 Å². The predicted octanol–water partition coefficient (Wildman–Crippen LogP) is 8.76. The smallest absolute Gasteiger partial charge is 0.232 e. The van der Waals surface area contributed by atoms with Crippen molar-refractivity contribution in [2.45, 2.75) is 77.4 Å². The van der Waals surface area contributed by atoms with Gasteiger partial charge in [-0.3, -0.25) is 4.79 Å². The van der Waals surface area contributed by atoms with Crippen LogP contribution in [-0.2, 0) is 11.2 Å². The second kappa shape index (κ2) is 11.8. The number of anilines is 1.